The molecule has 3 aromatic rings. The lowest BCUT2D eigenvalue weighted by Gasteiger charge is -2.26. The summed E-state index contributed by atoms with van der Waals surface area (Å²) in [5.74, 6) is 0.248. The number of methoxy groups -OCH3 is 1. The summed E-state index contributed by atoms with van der Waals surface area (Å²) < 4.78 is 12.9. The first-order valence-corrected chi connectivity index (χ1v) is 12.8. The number of imidazole rings is 1. The number of carbonyl (C=O) groups is 2. The highest BCUT2D eigenvalue weighted by atomic mass is 16.5. The molecule has 8 nitrogen and oxygen atoms in total. The standard InChI is InChI=1S/C28H34N4O4/c1-35-18-26(33)30-22-14-24(28(34)32(16-21-9-10-21)17-23-8-5-13-36-23)27-25(15-22)29-19-31(27)12-11-20-6-3-2-4-7-20/h2-4,6-7,14-15,19,21,23H,5,8-13,16-18H2,1H3,(H,30,33)/t23-/m1/s1. The Kier molecular flexibility index (Phi) is 7.63. The Morgan fingerprint density at radius 2 is 2.00 bits per heavy atom. The van der Waals surface area contributed by atoms with Crippen LogP contribution in [-0.4, -0.2) is 65.8 Å². The third kappa shape index (κ3) is 5.94. The number of aromatic nitrogens is 2. The number of aryl methyl sites for hydroxylation is 2. The van der Waals surface area contributed by atoms with Gasteiger partial charge in [0.2, 0.25) is 5.91 Å². The third-order valence-electron chi connectivity index (χ3n) is 6.90. The van der Waals surface area contributed by atoms with Crippen LogP contribution in [0.15, 0.2) is 48.8 Å². The number of nitrogens with zero attached hydrogens (tertiary/aromatic N) is 3. The predicted molar refractivity (Wildman–Crippen MR) is 138 cm³/mol. The van der Waals surface area contributed by atoms with E-state index in [9.17, 15) is 9.59 Å². The minimum Gasteiger partial charge on any atom is -0.376 e. The lowest BCUT2D eigenvalue weighted by molar-refractivity contribution is -0.119. The lowest BCUT2D eigenvalue weighted by Crippen LogP contribution is -2.39. The summed E-state index contributed by atoms with van der Waals surface area (Å²) in [7, 11) is 1.48. The second-order valence-corrected chi connectivity index (χ2v) is 9.83. The number of ether oxygens (including phenoxy) is 2. The maximum Gasteiger partial charge on any atom is 0.256 e. The summed E-state index contributed by atoms with van der Waals surface area (Å²) in [6, 6.07) is 13.9. The molecule has 0 radical (unpaired) electrons. The molecular weight excluding hydrogens is 456 g/mol. The highest BCUT2D eigenvalue weighted by molar-refractivity contribution is 6.07. The van der Waals surface area contributed by atoms with Gasteiger partial charge in [-0.25, -0.2) is 4.98 Å². The molecule has 5 rings (SSSR count). The molecule has 1 saturated carbocycles. The number of hydrogen-bond donors (Lipinski definition) is 1. The van der Waals surface area contributed by atoms with Gasteiger partial charge in [-0.1, -0.05) is 30.3 Å². The zero-order valence-corrected chi connectivity index (χ0v) is 20.8. The molecule has 2 amide bonds. The third-order valence-corrected chi connectivity index (χ3v) is 6.90. The van der Waals surface area contributed by atoms with Crippen LogP contribution in [0.5, 0.6) is 0 Å². The van der Waals surface area contributed by atoms with Crippen molar-refractivity contribution >= 4 is 28.5 Å². The van der Waals surface area contributed by atoms with Crippen LogP contribution in [0.3, 0.4) is 0 Å². The summed E-state index contributed by atoms with van der Waals surface area (Å²) in [5, 5.41) is 2.85. The lowest BCUT2D eigenvalue weighted by atomic mass is 10.1. The summed E-state index contributed by atoms with van der Waals surface area (Å²) >= 11 is 0. The van der Waals surface area contributed by atoms with Crippen molar-refractivity contribution in [3.8, 4) is 0 Å². The second-order valence-electron chi connectivity index (χ2n) is 9.83. The van der Waals surface area contributed by atoms with Crippen LogP contribution in [0, 0.1) is 5.92 Å². The normalized spacial score (nSPS) is 17.4. The Balaban J connectivity index is 1.48. The average molecular weight is 491 g/mol. The summed E-state index contributed by atoms with van der Waals surface area (Å²) in [6.07, 6.45) is 7.03. The Labute approximate surface area is 211 Å². The van der Waals surface area contributed by atoms with E-state index in [-0.39, 0.29) is 24.5 Å². The molecule has 2 fully saturated rings. The number of amides is 2. The number of fused-ring (bicyclic) bond motifs is 1. The van der Waals surface area contributed by atoms with Gasteiger partial charge in [0.25, 0.3) is 5.91 Å². The average Bonchev–Trinajstić information content (AvgIpc) is 3.37. The van der Waals surface area contributed by atoms with E-state index in [1.165, 1.54) is 12.7 Å². The zero-order chi connectivity index (χ0) is 24.9. The molecule has 1 atom stereocenters. The van der Waals surface area contributed by atoms with Crippen molar-refractivity contribution in [1.82, 2.24) is 14.5 Å². The predicted octanol–water partition coefficient (Wildman–Crippen LogP) is 3.90. The van der Waals surface area contributed by atoms with Crippen molar-refractivity contribution in [2.45, 2.75) is 44.8 Å². The minimum atomic E-state index is -0.270. The molecular formula is C28H34N4O4. The van der Waals surface area contributed by atoms with Crippen LogP contribution < -0.4 is 5.32 Å². The fraction of sp³-hybridized carbons (Fsp3) is 0.464. The number of rotatable bonds is 11. The second kappa shape index (κ2) is 11.2. The molecule has 1 aliphatic carbocycles. The molecule has 190 valence electrons. The van der Waals surface area contributed by atoms with E-state index in [1.807, 2.05) is 29.2 Å². The number of benzene rings is 2. The highest BCUT2D eigenvalue weighted by Gasteiger charge is 2.31. The van der Waals surface area contributed by atoms with Gasteiger partial charge >= 0.3 is 0 Å². The topological polar surface area (TPSA) is 85.7 Å². The van der Waals surface area contributed by atoms with E-state index in [0.29, 0.717) is 35.8 Å². The Morgan fingerprint density at radius 3 is 2.72 bits per heavy atom. The quantitative estimate of drug-likeness (QED) is 0.441. The number of carbonyl (C=O) groups excluding carboxylic acids is 2. The highest BCUT2D eigenvalue weighted by Crippen LogP contribution is 2.32. The Morgan fingerprint density at radius 1 is 1.17 bits per heavy atom. The van der Waals surface area contributed by atoms with E-state index in [0.717, 1.165) is 50.8 Å². The fourth-order valence-electron chi connectivity index (χ4n) is 4.89. The Bertz CT molecular complexity index is 1200. The van der Waals surface area contributed by atoms with Gasteiger partial charge in [-0.3, -0.25) is 9.59 Å². The van der Waals surface area contributed by atoms with E-state index < -0.39 is 0 Å². The van der Waals surface area contributed by atoms with Gasteiger partial charge in [-0.2, -0.15) is 0 Å². The molecule has 0 unspecified atom stereocenters. The summed E-state index contributed by atoms with van der Waals surface area (Å²) in [4.78, 5) is 32.9. The van der Waals surface area contributed by atoms with Crippen LogP contribution >= 0.6 is 0 Å². The first-order chi connectivity index (χ1) is 17.6. The van der Waals surface area contributed by atoms with Crippen molar-refractivity contribution in [3.05, 3.63) is 59.9 Å². The van der Waals surface area contributed by atoms with Crippen molar-refractivity contribution in [2.24, 2.45) is 5.92 Å². The van der Waals surface area contributed by atoms with E-state index in [2.05, 4.69) is 27.0 Å². The molecule has 1 aliphatic heterocycles. The SMILES string of the molecule is COCC(=O)Nc1cc(C(=O)N(CC2CC2)C[C@H]2CCCO2)c2c(c1)ncn2CCc1ccccc1. The van der Waals surface area contributed by atoms with Gasteiger partial charge in [0.1, 0.15) is 6.61 Å². The molecule has 0 spiro atoms. The molecule has 2 heterocycles. The van der Waals surface area contributed by atoms with Crippen LogP contribution in [0.1, 0.15) is 41.6 Å². The van der Waals surface area contributed by atoms with Crippen molar-refractivity contribution < 1.29 is 19.1 Å². The molecule has 1 N–H and O–H groups in total. The van der Waals surface area contributed by atoms with Gasteiger partial charge in [-0.15, -0.1) is 0 Å². The van der Waals surface area contributed by atoms with Crippen LogP contribution in [0.25, 0.3) is 11.0 Å². The van der Waals surface area contributed by atoms with Crippen molar-refractivity contribution in [1.29, 1.82) is 0 Å². The first kappa shape index (κ1) is 24.5. The van der Waals surface area contributed by atoms with Crippen LogP contribution in [-0.2, 0) is 27.2 Å². The van der Waals surface area contributed by atoms with Gasteiger partial charge in [-0.05, 0) is 55.7 Å². The minimum absolute atomic E-state index is 0.0355. The number of anilines is 1. The summed E-state index contributed by atoms with van der Waals surface area (Å²) in [6.45, 7) is 2.73. The van der Waals surface area contributed by atoms with E-state index in [1.54, 1.807) is 12.4 Å². The van der Waals surface area contributed by atoms with E-state index >= 15 is 0 Å². The first-order valence-electron chi connectivity index (χ1n) is 12.8. The monoisotopic (exact) mass is 490 g/mol. The Hall–Kier alpha value is -3.23. The molecule has 2 aliphatic rings. The summed E-state index contributed by atoms with van der Waals surface area (Å²) in [5.41, 5.74) is 3.82. The smallest absolute Gasteiger partial charge is 0.256 e. The maximum atomic E-state index is 14.1. The van der Waals surface area contributed by atoms with E-state index in [4.69, 9.17) is 9.47 Å². The molecule has 0 bridgehead atoms. The van der Waals surface area contributed by atoms with Gasteiger partial charge in [0, 0.05) is 39.0 Å². The molecule has 36 heavy (non-hydrogen) atoms. The van der Waals surface area contributed by atoms with Crippen LogP contribution in [0.4, 0.5) is 5.69 Å². The zero-order valence-electron chi connectivity index (χ0n) is 20.8. The van der Waals surface area contributed by atoms with Gasteiger partial charge in [0.05, 0.1) is 29.0 Å². The van der Waals surface area contributed by atoms with Gasteiger partial charge < -0.3 is 24.3 Å². The molecule has 1 aromatic heterocycles. The van der Waals surface area contributed by atoms with Crippen molar-refractivity contribution in [2.75, 3.05) is 38.7 Å². The largest absolute Gasteiger partial charge is 0.376 e. The maximum absolute atomic E-state index is 14.1. The van der Waals surface area contributed by atoms with Gasteiger partial charge in [0.15, 0.2) is 0 Å². The number of hydrogen-bond acceptors (Lipinski definition) is 5. The number of nitrogens with one attached hydrogen (secondary N) is 1. The molecule has 8 heteroatoms. The van der Waals surface area contributed by atoms with Crippen LogP contribution in [0.2, 0.25) is 0 Å². The van der Waals surface area contributed by atoms with Crippen molar-refractivity contribution in [3.63, 3.8) is 0 Å². The molecule has 1 saturated heterocycles. The molecule has 2 aromatic carbocycles. The fourth-order valence-corrected chi connectivity index (χ4v) is 4.89.